The summed E-state index contributed by atoms with van der Waals surface area (Å²) in [6.45, 7) is 10.6. The molecular formula is C25H34FN3O5. The fraction of sp³-hybridized carbons (Fsp3) is 0.560. The first-order valence-corrected chi connectivity index (χ1v) is 11.4. The summed E-state index contributed by atoms with van der Waals surface area (Å²) in [5, 5.41) is 14.4. The van der Waals surface area contributed by atoms with Crippen molar-refractivity contribution in [3.63, 3.8) is 0 Å². The Labute approximate surface area is 199 Å². The quantitative estimate of drug-likeness (QED) is 0.646. The van der Waals surface area contributed by atoms with Crippen LogP contribution >= 0.6 is 0 Å². The first kappa shape index (κ1) is 25.7. The van der Waals surface area contributed by atoms with Gasteiger partial charge >= 0.3 is 12.2 Å². The van der Waals surface area contributed by atoms with E-state index in [1.807, 2.05) is 39.0 Å². The van der Waals surface area contributed by atoms with Gasteiger partial charge in [0.2, 0.25) is 0 Å². The molecule has 0 unspecified atom stereocenters. The van der Waals surface area contributed by atoms with E-state index in [0.29, 0.717) is 18.5 Å². The number of carbonyl (C=O) groups is 2. The third-order valence-electron chi connectivity index (χ3n) is 5.44. The highest BCUT2D eigenvalue weighted by molar-refractivity contribution is 6.08. The van der Waals surface area contributed by atoms with Crippen molar-refractivity contribution in [2.45, 2.75) is 90.3 Å². The minimum Gasteiger partial charge on any atom is -0.444 e. The number of nitrogens with zero attached hydrogens (tertiary/aromatic N) is 3. The molecule has 0 bridgehead atoms. The molecule has 186 valence electrons. The fourth-order valence-electron chi connectivity index (χ4n) is 3.82. The van der Waals surface area contributed by atoms with Gasteiger partial charge in [0.15, 0.2) is 0 Å². The maximum atomic E-state index is 14.7. The van der Waals surface area contributed by atoms with Crippen LogP contribution in [-0.2, 0) is 21.6 Å². The van der Waals surface area contributed by atoms with E-state index >= 15 is 0 Å². The van der Waals surface area contributed by atoms with E-state index in [-0.39, 0.29) is 12.4 Å². The van der Waals surface area contributed by atoms with Gasteiger partial charge in [-0.2, -0.15) is 10.00 Å². The van der Waals surface area contributed by atoms with Crippen LogP contribution in [0.4, 0.5) is 19.8 Å². The SMILES string of the molecule is CC(C)(C)OC(=O)N(C(=O)OCc1ccccc1)c1cc([C@@H]2CC[C@H](O)[C@@H]2F)nn1C(C)(C)C. The van der Waals surface area contributed by atoms with Gasteiger partial charge in [0.05, 0.1) is 17.3 Å². The van der Waals surface area contributed by atoms with Crippen molar-refractivity contribution < 1.29 is 28.6 Å². The Balaban J connectivity index is 2.01. The van der Waals surface area contributed by atoms with Crippen molar-refractivity contribution >= 4 is 18.0 Å². The molecule has 1 fully saturated rings. The molecule has 1 aromatic carbocycles. The maximum absolute atomic E-state index is 14.7. The van der Waals surface area contributed by atoms with Gasteiger partial charge in [-0.25, -0.2) is 18.7 Å². The number of aromatic nitrogens is 2. The van der Waals surface area contributed by atoms with Gasteiger partial charge in [-0.1, -0.05) is 30.3 Å². The number of hydrogen-bond acceptors (Lipinski definition) is 6. The fourth-order valence-corrected chi connectivity index (χ4v) is 3.82. The average Bonchev–Trinajstić information content (AvgIpc) is 3.30. The Morgan fingerprint density at radius 1 is 1.12 bits per heavy atom. The van der Waals surface area contributed by atoms with Crippen LogP contribution in [0.1, 0.15) is 71.6 Å². The van der Waals surface area contributed by atoms with Gasteiger partial charge < -0.3 is 14.6 Å². The summed E-state index contributed by atoms with van der Waals surface area (Å²) in [5.74, 6) is -0.526. The smallest absolute Gasteiger partial charge is 0.425 e. The maximum Gasteiger partial charge on any atom is 0.425 e. The number of aliphatic hydroxyl groups is 1. The monoisotopic (exact) mass is 475 g/mol. The minimum atomic E-state index is -1.48. The molecule has 2 aromatic rings. The van der Waals surface area contributed by atoms with Gasteiger partial charge in [-0.05, 0) is 59.9 Å². The molecule has 3 atom stereocenters. The molecule has 2 amide bonds. The van der Waals surface area contributed by atoms with Crippen molar-refractivity contribution in [2.24, 2.45) is 0 Å². The Kier molecular flexibility index (Phi) is 7.35. The number of hydrogen-bond donors (Lipinski definition) is 1. The standard InChI is InChI=1S/C25H34FN3O5/c1-24(2,3)29-20(14-18(27-29)17-12-13-19(30)21(17)26)28(23(32)34-25(4,5)6)22(31)33-15-16-10-8-7-9-11-16/h7-11,14,17,19,21,30H,12-13,15H2,1-6H3/t17-,19-,21+/m0/s1. The number of anilines is 1. The number of rotatable bonds is 4. The highest BCUT2D eigenvalue weighted by Crippen LogP contribution is 2.39. The van der Waals surface area contributed by atoms with Gasteiger partial charge in [0.1, 0.15) is 24.2 Å². The normalized spacial score (nSPS) is 20.8. The van der Waals surface area contributed by atoms with Crippen LogP contribution in [-0.4, -0.2) is 45.0 Å². The average molecular weight is 476 g/mol. The van der Waals surface area contributed by atoms with Gasteiger partial charge in [-0.15, -0.1) is 0 Å². The third-order valence-corrected chi connectivity index (χ3v) is 5.44. The van der Waals surface area contributed by atoms with Gasteiger partial charge in [0.25, 0.3) is 0 Å². The number of carbonyl (C=O) groups excluding carboxylic acids is 2. The number of imide groups is 1. The lowest BCUT2D eigenvalue weighted by Crippen LogP contribution is -2.43. The van der Waals surface area contributed by atoms with Crippen molar-refractivity contribution in [2.75, 3.05) is 4.90 Å². The molecule has 1 aliphatic carbocycles. The predicted octanol–water partition coefficient (Wildman–Crippen LogP) is 5.29. The van der Waals surface area contributed by atoms with Crippen LogP contribution in [0, 0.1) is 0 Å². The Morgan fingerprint density at radius 3 is 2.29 bits per heavy atom. The first-order chi connectivity index (χ1) is 15.8. The van der Waals surface area contributed by atoms with E-state index in [9.17, 15) is 19.1 Å². The summed E-state index contributed by atoms with van der Waals surface area (Å²) in [6.07, 6.45) is -3.67. The zero-order chi connectivity index (χ0) is 25.3. The number of ether oxygens (including phenoxy) is 2. The summed E-state index contributed by atoms with van der Waals surface area (Å²) < 4.78 is 27.1. The molecule has 0 saturated heterocycles. The molecular weight excluding hydrogens is 441 g/mol. The highest BCUT2D eigenvalue weighted by atomic mass is 19.1. The number of benzene rings is 1. The van der Waals surface area contributed by atoms with Crippen LogP contribution < -0.4 is 4.90 Å². The number of amides is 2. The van der Waals surface area contributed by atoms with Crippen LogP contribution in [0.5, 0.6) is 0 Å². The van der Waals surface area contributed by atoms with Crippen LogP contribution in [0.2, 0.25) is 0 Å². The van der Waals surface area contributed by atoms with Gasteiger partial charge in [-0.3, -0.25) is 0 Å². The molecule has 9 heteroatoms. The lowest BCUT2D eigenvalue weighted by molar-refractivity contribution is 0.0560. The summed E-state index contributed by atoms with van der Waals surface area (Å²) in [5.41, 5.74) is -0.413. The molecule has 1 N–H and O–H groups in total. The molecule has 0 radical (unpaired) electrons. The molecule has 34 heavy (non-hydrogen) atoms. The summed E-state index contributed by atoms with van der Waals surface area (Å²) in [6, 6.07) is 10.6. The topological polar surface area (TPSA) is 93.9 Å². The molecule has 0 spiro atoms. The van der Waals surface area contributed by atoms with E-state index in [0.717, 1.165) is 10.5 Å². The second kappa shape index (κ2) is 9.74. The third kappa shape index (κ3) is 5.94. The van der Waals surface area contributed by atoms with E-state index in [4.69, 9.17) is 9.47 Å². The molecule has 1 heterocycles. The minimum absolute atomic E-state index is 0.0448. The Hall–Kier alpha value is -2.94. The predicted molar refractivity (Wildman–Crippen MR) is 125 cm³/mol. The van der Waals surface area contributed by atoms with E-state index in [1.165, 1.54) is 10.7 Å². The molecule has 8 nitrogen and oxygen atoms in total. The lowest BCUT2D eigenvalue weighted by atomic mass is 10.0. The van der Waals surface area contributed by atoms with E-state index in [1.54, 1.807) is 32.9 Å². The number of aliphatic hydroxyl groups excluding tert-OH is 1. The molecule has 1 aliphatic rings. The molecule has 1 saturated carbocycles. The Bertz CT molecular complexity index is 1010. The summed E-state index contributed by atoms with van der Waals surface area (Å²) >= 11 is 0. The number of halogens is 1. The van der Waals surface area contributed by atoms with Crippen molar-refractivity contribution in [3.8, 4) is 0 Å². The van der Waals surface area contributed by atoms with Crippen LogP contribution in [0.15, 0.2) is 36.4 Å². The second-order valence-corrected chi connectivity index (χ2v) is 10.6. The van der Waals surface area contributed by atoms with Crippen molar-refractivity contribution in [3.05, 3.63) is 47.7 Å². The highest BCUT2D eigenvalue weighted by Gasteiger charge is 2.41. The van der Waals surface area contributed by atoms with Crippen LogP contribution in [0.3, 0.4) is 0 Å². The van der Waals surface area contributed by atoms with Crippen LogP contribution in [0.25, 0.3) is 0 Å². The second-order valence-electron chi connectivity index (χ2n) is 10.6. The molecule has 1 aromatic heterocycles. The summed E-state index contributed by atoms with van der Waals surface area (Å²) in [7, 11) is 0. The Morgan fingerprint density at radius 2 is 1.76 bits per heavy atom. The molecule has 3 rings (SSSR count). The first-order valence-electron chi connectivity index (χ1n) is 11.4. The summed E-state index contributed by atoms with van der Waals surface area (Å²) in [4.78, 5) is 27.2. The zero-order valence-corrected chi connectivity index (χ0v) is 20.6. The molecule has 0 aliphatic heterocycles. The largest absolute Gasteiger partial charge is 0.444 e. The zero-order valence-electron chi connectivity index (χ0n) is 20.6. The number of alkyl halides is 1. The van der Waals surface area contributed by atoms with E-state index in [2.05, 4.69) is 5.10 Å². The van der Waals surface area contributed by atoms with E-state index < -0.39 is 41.5 Å². The van der Waals surface area contributed by atoms with Crippen molar-refractivity contribution in [1.29, 1.82) is 0 Å². The lowest BCUT2D eigenvalue weighted by Gasteiger charge is -2.29. The van der Waals surface area contributed by atoms with Gasteiger partial charge in [0, 0.05) is 12.0 Å². The van der Waals surface area contributed by atoms with Crippen molar-refractivity contribution in [1.82, 2.24) is 9.78 Å².